The SMILES string of the molecule is CN1CCN(c2ccc(N[C@H]3CCC(=O)NC3=O)cc2F)CC1. The molecule has 1 aromatic rings. The summed E-state index contributed by atoms with van der Waals surface area (Å²) in [6.45, 7) is 3.42. The minimum Gasteiger partial charge on any atom is -0.374 e. The van der Waals surface area contributed by atoms with Crippen LogP contribution in [0.1, 0.15) is 12.8 Å². The number of amides is 2. The number of nitrogens with zero attached hydrogens (tertiary/aromatic N) is 2. The van der Waals surface area contributed by atoms with E-state index < -0.39 is 6.04 Å². The molecular weight excluding hydrogens is 299 g/mol. The van der Waals surface area contributed by atoms with E-state index in [4.69, 9.17) is 0 Å². The monoisotopic (exact) mass is 320 g/mol. The van der Waals surface area contributed by atoms with Gasteiger partial charge in [-0.3, -0.25) is 14.9 Å². The molecule has 0 aliphatic carbocycles. The van der Waals surface area contributed by atoms with Gasteiger partial charge in [0.05, 0.1) is 5.69 Å². The Hall–Kier alpha value is -2.15. The molecule has 1 atom stereocenters. The number of benzene rings is 1. The highest BCUT2D eigenvalue weighted by atomic mass is 19.1. The third-order valence-corrected chi connectivity index (χ3v) is 4.37. The molecule has 2 amide bonds. The summed E-state index contributed by atoms with van der Waals surface area (Å²) in [4.78, 5) is 27.1. The lowest BCUT2D eigenvalue weighted by atomic mass is 10.1. The summed E-state index contributed by atoms with van der Waals surface area (Å²) in [6, 6.07) is 4.44. The minimum atomic E-state index is -0.499. The molecule has 2 fully saturated rings. The summed E-state index contributed by atoms with van der Waals surface area (Å²) in [6.07, 6.45) is 0.720. The number of piperidine rings is 1. The third kappa shape index (κ3) is 3.61. The Kier molecular flexibility index (Phi) is 4.47. The number of likely N-dealkylation sites (N-methyl/N-ethyl adjacent to an activating group) is 1. The molecule has 2 heterocycles. The maximum Gasteiger partial charge on any atom is 0.249 e. The van der Waals surface area contributed by atoms with E-state index in [9.17, 15) is 14.0 Å². The van der Waals surface area contributed by atoms with Crippen LogP contribution in [0.3, 0.4) is 0 Å². The van der Waals surface area contributed by atoms with Crippen LogP contribution in [0, 0.1) is 5.82 Å². The van der Waals surface area contributed by atoms with E-state index in [0.29, 0.717) is 24.2 Å². The van der Waals surface area contributed by atoms with Gasteiger partial charge in [-0.2, -0.15) is 0 Å². The van der Waals surface area contributed by atoms with E-state index in [2.05, 4.69) is 22.6 Å². The maximum absolute atomic E-state index is 14.4. The van der Waals surface area contributed by atoms with Gasteiger partial charge in [-0.05, 0) is 31.7 Å². The van der Waals surface area contributed by atoms with Crippen LogP contribution in [0.15, 0.2) is 18.2 Å². The van der Waals surface area contributed by atoms with Crippen LogP contribution in [-0.4, -0.2) is 56.0 Å². The van der Waals surface area contributed by atoms with Crippen LogP contribution in [0.25, 0.3) is 0 Å². The molecular formula is C16H21FN4O2. The van der Waals surface area contributed by atoms with Crippen molar-refractivity contribution in [2.75, 3.05) is 43.4 Å². The van der Waals surface area contributed by atoms with E-state index in [0.717, 1.165) is 26.2 Å². The Morgan fingerprint density at radius 3 is 2.61 bits per heavy atom. The largest absolute Gasteiger partial charge is 0.374 e. The van der Waals surface area contributed by atoms with Crippen molar-refractivity contribution in [1.29, 1.82) is 0 Å². The third-order valence-electron chi connectivity index (χ3n) is 4.37. The smallest absolute Gasteiger partial charge is 0.249 e. The fourth-order valence-electron chi connectivity index (χ4n) is 2.93. The average Bonchev–Trinajstić information content (AvgIpc) is 2.51. The number of piperazine rings is 1. The zero-order chi connectivity index (χ0) is 16.4. The molecule has 0 unspecified atom stereocenters. The number of nitrogens with one attached hydrogen (secondary N) is 2. The van der Waals surface area contributed by atoms with Crippen LogP contribution in [0.5, 0.6) is 0 Å². The Morgan fingerprint density at radius 2 is 1.96 bits per heavy atom. The van der Waals surface area contributed by atoms with Gasteiger partial charge in [0.1, 0.15) is 11.9 Å². The molecule has 0 saturated carbocycles. The van der Waals surface area contributed by atoms with Gasteiger partial charge in [0.25, 0.3) is 0 Å². The molecule has 2 saturated heterocycles. The fourth-order valence-corrected chi connectivity index (χ4v) is 2.93. The van der Waals surface area contributed by atoms with Crippen molar-refractivity contribution < 1.29 is 14.0 Å². The zero-order valence-electron chi connectivity index (χ0n) is 13.1. The lowest BCUT2D eigenvalue weighted by Gasteiger charge is -2.34. The molecule has 0 spiro atoms. The van der Waals surface area contributed by atoms with Crippen molar-refractivity contribution in [2.24, 2.45) is 0 Å². The number of imide groups is 1. The van der Waals surface area contributed by atoms with Crippen LogP contribution in [0.4, 0.5) is 15.8 Å². The van der Waals surface area contributed by atoms with Crippen molar-refractivity contribution in [3.05, 3.63) is 24.0 Å². The van der Waals surface area contributed by atoms with Crippen LogP contribution < -0.4 is 15.5 Å². The van der Waals surface area contributed by atoms with Gasteiger partial charge in [-0.25, -0.2) is 4.39 Å². The van der Waals surface area contributed by atoms with Crippen molar-refractivity contribution in [3.63, 3.8) is 0 Å². The van der Waals surface area contributed by atoms with Crippen molar-refractivity contribution in [3.8, 4) is 0 Å². The normalized spacial score (nSPS) is 22.9. The molecule has 0 aromatic heterocycles. The summed E-state index contributed by atoms with van der Waals surface area (Å²) in [5.74, 6) is -0.915. The van der Waals surface area contributed by atoms with E-state index in [1.165, 1.54) is 6.07 Å². The molecule has 0 bridgehead atoms. The van der Waals surface area contributed by atoms with Gasteiger partial charge in [0, 0.05) is 38.3 Å². The predicted octanol–water partition coefficient (Wildman–Crippen LogP) is 0.795. The van der Waals surface area contributed by atoms with E-state index >= 15 is 0 Å². The number of carbonyl (C=O) groups is 2. The average molecular weight is 320 g/mol. The zero-order valence-corrected chi connectivity index (χ0v) is 13.1. The Balaban J connectivity index is 1.67. The molecule has 2 N–H and O–H groups in total. The molecule has 2 aliphatic heterocycles. The van der Waals surface area contributed by atoms with Gasteiger partial charge in [0.2, 0.25) is 11.8 Å². The molecule has 6 nitrogen and oxygen atoms in total. The highest BCUT2D eigenvalue weighted by Gasteiger charge is 2.26. The standard InChI is InChI=1S/C16H21FN4O2/c1-20-6-8-21(9-7-20)14-4-2-11(10-12(14)17)18-13-3-5-15(22)19-16(13)23/h2,4,10,13,18H,3,5-9H2,1H3,(H,19,22,23)/t13-/m0/s1. The number of carbonyl (C=O) groups excluding carboxylic acids is 2. The van der Waals surface area contributed by atoms with Crippen molar-refractivity contribution >= 4 is 23.2 Å². The summed E-state index contributed by atoms with van der Waals surface area (Å²) in [5.41, 5.74) is 1.14. The summed E-state index contributed by atoms with van der Waals surface area (Å²) in [7, 11) is 2.06. The quantitative estimate of drug-likeness (QED) is 0.807. The highest BCUT2D eigenvalue weighted by molar-refractivity contribution is 6.01. The first-order valence-corrected chi connectivity index (χ1v) is 7.86. The fraction of sp³-hybridized carbons (Fsp3) is 0.500. The second-order valence-electron chi connectivity index (χ2n) is 6.10. The number of hydrogen-bond donors (Lipinski definition) is 2. The summed E-state index contributed by atoms with van der Waals surface area (Å²) in [5, 5.41) is 5.28. The number of halogens is 1. The molecule has 23 heavy (non-hydrogen) atoms. The Morgan fingerprint density at radius 1 is 1.22 bits per heavy atom. The first-order valence-electron chi connectivity index (χ1n) is 7.86. The number of hydrogen-bond acceptors (Lipinski definition) is 5. The minimum absolute atomic E-state index is 0.260. The molecule has 1 aromatic carbocycles. The summed E-state index contributed by atoms with van der Waals surface area (Å²) < 4.78 is 14.4. The molecule has 124 valence electrons. The van der Waals surface area contributed by atoms with Gasteiger partial charge in [-0.1, -0.05) is 0 Å². The highest BCUT2D eigenvalue weighted by Crippen LogP contribution is 2.25. The number of rotatable bonds is 3. The topological polar surface area (TPSA) is 64.7 Å². The van der Waals surface area contributed by atoms with E-state index in [1.807, 2.05) is 4.90 Å². The van der Waals surface area contributed by atoms with E-state index in [-0.39, 0.29) is 17.6 Å². The molecule has 7 heteroatoms. The maximum atomic E-state index is 14.4. The second-order valence-corrected chi connectivity index (χ2v) is 6.10. The van der Waals surface area contributed by atoms with Gasteiger partial charge >= 0.3 is 0 Å². The van der Waals surface area contributed by atoms with Gasteiger partial charge in [-0.15, -0.1) is 0 Å². The Labute approximate surface area is 134 Å². The lowest BCUT2D eigenvalue weighted by molar-refractivity contribution is -0.133. The molecule has 3 rings (SSSR count). The van der Waals surface area contributed by atoms with Crippen molar-refractivity contribution in [1.82, 2.24) is 10.2 Å². The molecule has 0 radical (unpaired) electrons. The number of anilines is 2. The second kappa shape index (κ2) is 6.54. The lowest BCUT2D eigenvalue weighted by Crippen LogP contribution is -2.47. The first kappa shape index (κ1) is 15.7. The van der Waals surface area contributed by atoms with Crippen LogP contribution in [-0.2, 0) is 9.59 Å². The van der Waals surface area contributed by atoms with Gasteiger partial charge < -0.3 is 15.1 Å². The van der Waals surface area contributed by atoms with Crippen LogP contribution >= 0.6 is 0 Å². The summed E-state index contributed by atoms with van der Waals surface area (Å²) >= 11 is 0. The molecule has 2 aliphatic rings. The Bertz CT molecular complexity index is 614. The van der Waals surface area contributed by atoms with Crippen molar-refractivity contribution in [2.45, 2.75) is 18.9 Å². The van der Waals surface area contributed by atoms with E-state index in [1.54, 1.807) is 12.1 Å². The van der Waals surface area contributed by atoms with Gasteiger partial charge in [0.15, 0.2) is 0 Å². The first-order chi connectivity index (χ1) is 11.0. The van der Waals surface area contributed by atoms with Crippen LogP contribution in [0.2, 0.25) is 0 Å². The predicted molar refractivity (Wildman–Crippen MR) is 85.9 cm³/mol.